The molecule has 0 atom stereocenters. The molecule has 1 aromatic heterocycles. The largest absolute Gasteiger partial charge is 0.461 e. The monoisotopic (exact) mass is 503 g/mol. The summed E-state index contributed by atoms with van der Waals surface area (Å²) in [6.07, 6.45) is 3.00. The van der Waals surface area contributed by atoms with E-state index >= 15 is 0 Å². The number of nitrogens with zero attached hydrogens (tertiary/aromatic N) is 3. The molecule has 0 saturated carbocycles. The summed E-state index contributed by atoms with van der Waals surface area (Å²) in [6, 6.07) is 18.8. The first-order valence-electron chi connectivity index (χ1n) is 12.6. The van der Waals surface area contributed by atoms with Gasteiger partial charge in [0, 0.05) is 13.1 Å². The third-order valence-electron chi connectivity index (χ3n) is 6.27. The van der Waals surface area contributed by atoms with Gasteiger partial charge in [0.15, 0.2) is 5.69 Å². The van der Waals surface area contributed by atoms with Crippen molar-refractivity contribution >= 4 is 17.6 Å². The summed E-state index contributed by atoms with van der Waals surface area (Å²) >= 11 is 0. The molecule has 3 aromatic rings. The Bertz CT molecular complexity index is 1260. The molecular formula is C29H33N3O5. The van der Waals surface area contributed by atoms with Gasteiger partial charge in [0.05, 0.1) is 18.0 Å². The zero-order valence-corrected chi connectivity index (χ0v) is 21.8. The second-order valence-electron chi connectivity index (χ2n) is 9.36. The van der Waals surface area contributed by atoms with E-state index in [-0.39, 0.29) is 18.4 Å². The highest BCUT2D eigenvalue weighted by Crippen LogP contribution is 2.29. The zero-order chi connectivity index (χ0) is 26.4. The minimum atomic E-state index is -0.509. The predicted molar refractivity (Wildman–Crippen MR) is 141 cm³/mol. The molecule has 8 nitrogen and oxygen atoms in total. The predicted octanol–water partition coefficient (Wildman–Crippen LogP) is 6.26. The maximum absolute atomic E-state index is 12.6. The first-order valence-corrected chi connectivity index (χ1v) is 12.6. The molecule has 1 amide bonds. The van der Waals surface area contributed by atoms with Crippen LogP contribution in [0.15, 0.2) is 66.7 Å². The van der Waals surface area contributed by atoms with Crippen molar-refractivity contribution in [2.45, 2.75) is 46.1 Å². The maximum Gasteiger partial charge on any atom is 0.410 e. The number of hydrogen-bond donors (Lipinski definition) is 0. The first-order chi connectivity index (χ1) is 17.8. The summed E-state index contributed by atoms with van der Waals surface area (Å²) in [7, 11) is 0. The number of amides is 1. The van der Waals surface area contributed by atoms with Crippen molar-refractivity contribution in [2.75, 3.05) is 19.7 Å². The maximum atomic E-state index is 12.6. The summed E-state index contributed by atoms with van der Waals surface area (Å²) < 4.78 is 18.5. The number of para-hydroxylation sites is 1. The molecule has 0 saturated heterocycles. The number of benzene rings is 2. The summed E-state index contributed by atoms with van der Waals surface area (Å²) in [5.74, 6) is 0.961. The number of esters is 1. The van der Waals surface area contributed by atoms with Gasteiger partial charge >= 0.3 is 12.1 Å². The molecule has 0 radical (unpaired) electrons. The molecule has 0 bridgehead atoms. The van der Waals surface area contributed by atoms with Gasteiger partial charge in [-0.1, -0.05) is 31.2 Å². The Balaban J connectivity index is 1.58. The number of rotatable bonds is 8. The summed E-state index contributed by atoms with van der Waals surface area (Å²) in [6.45, 7) is 8.75. The van der Waals surface area contributed by atoms with Gasteiger partial charge in [-0.25, -0.2) is 14.3 Å². The summed E-state index contributed by atoms with van der Waals surface area (Å²) in [5, 5.41) is 4.56. The van der Waals surface area contributed by atoms with Crippen LogP contribution in [0.3, 0.4) is 0 Å². The summed E-state index contributed by atoms with van der Waals surface area (Å²) in [4.78, 5) is 26.8. The van der Waals surface area contributed by atoms with Crippen LogP contribution in [0.4, 0.5) is 4.79 Å². The van der Waals surface area contributed by atoms with Crippen molar-refractivity contribution in [1.82, 2.24) is 14.7 Å². The standard InChI is InChI=1S/C29H33N3O5/c1-5-29(3,4)37-28(34)31-18-16-21(17-19-31)26-20-25(27(33)35-6-2)30-32(26)22-12-14-24(15-13-22)36-23-10-8-7-9-11-23/h7-16,20H,5-6,17-19H2,1-4H3. The van der Waals surface area contributed by atoms with Crippen molar-refractivity contribution in [1.29, 1.82) is 0 Å². The van der Waals surface area contributed by atoms with Crippen LogP contribution in [0, 0.1) is 0 Å². The van der Waals surface area contributed by atoms with Gasteiger partial charge in [-0.15, -0.1) is 0 Å². The molecular weight excluding hydrogens is 470 g/mol. The van der Waals surface area contributed by atoms with Crippen LogP contribution in [0.5, 0.6) is 11.5 Å². The van der Waals surface area contributed by atoms with Crippen LogP contribution < -0.4 is 4.74 Å². The number of carbonyl (C=O) groups is 2. The lowest BCUT2D eigenvalue weighted by Crippen LogP contribution is -2.40. The molecule has 0 N–H and O–H groups in total. The molecule has 37 heavy (non-hydrogen) atoms. The molecule has 2 heterocycles. The molecule has 0 fully saturated rings. The van der Waals surface area contributed by atoms with Crippen LogP contribution >= 0.6 is 0 Å². The van der Waals surface area contributed by atoms with E-state index in [2.05, 4.69) is 5.10 Å². The Morgan fingerprint density at radius 2 is 1.70 bits per heavy atom. The van der Waals surface area contributed by atoms with Crippen molar-refractivity contribution < 1.29 is 23.8 Å². The number of ether oxygens (including phenoxy) is 3. The van der Waals surface area contributed by atoms with E-state index in [1.165, 1.54) is 0 Å². The van der Waals surface area contributed by atoms with E-state index < -0.39 is 11.6 Å². The van der Waals surface area contributed by atoms with Crippen molar-refractivity contribution in [3.8, 4) is 17.2 Å². The Morgan fingerprint density at radius 1 is 1.00 bits per heavy atom. The van der Waals surface area contributed by atoms with Gasteiger partial charge in [0.2, 0.25) is 0 Å². The summed E-state index contributed by atoms with van der Waals surface area (Å²) in [5.41, 5.74) is 2.27. The van der Waals surface area contributed by atoms with Gasteiger partial charge in [-0.3, -0.25) is 0 Å². The highest BCUT2D eigenvalue weighted by Gasteiger charge is 2.27. The smallest absolute Gasteiger partial charge is 0.410 e. The van der Waals surface area contributed by atoms with Gasteiger partial charge in [0.25, 0.3) is 0 Å². The fraction of sp³-hybridized carbons (Fsp3) is 0.345. The van der Waals surface area contributed by atoms with E-state index in [1.54, 1.807) is 22.6 Å². The fourth-order valence-electron chi connectivity index (χ4n) is 3.83. The minimum Gasteiger partial charge on any atom is -0.461 e. The second kappa shape index (κ2) is 11.3. The van der Waals surface area contributed by atoms with Crippen LogP contribution in [0.25, 0.3) is 11.3 Å². The SMILES string of the molecule is CCOC(=O)c1cc(C2=CCN(C(=O)OC(C)(C)CC)CC2)n(-c2ccc(Oc3ccccc3)cc2)n1. The van der Waals surface area contributed by atoms with Crippen molar-refractivity contribution in [2.24, 2.45) is 0 Å². The molecule has 194 valence electrons. The molecule has 0 unspecified atom stereocenters. The molecule has 0 spiro atoms. The molecule has 0 aliphatic carbocycles. The van der Waals surface area contributed by atoms with Crippen molar-refractivity contribution in [3.05, 3.63) is 78.1 Å². The molecule has 1 aliphatic heterocycles. The lowest BCUT2D eigenvalue weighted by Gasteiger charge is -2.31. The Labute approximate surface area is 217 Å². The highest BCUT2D eigenvalue weighted by molar-refractivity contribution is 5.88. The van der Waals surface area contributed by atoms with E-state index in [9.17, 15) is 9.59 Å². The van der Waals surface area contributed by atoms with Crippen LogP contribution in [-0.4, -0.2) is 52.0 Å². The van der Waals surface area contributed by atoms with E-state index in [1.807, 2.05) is 81.4 Å². The first kappa shape index (κ1) is 26.0. The normalized spacial score (nSPS) is 13.6. The number of carbonyl (C=O) groups excluding carboxylic acids is 2. The van der Waals surface area contributed by atoms with E-state index in [0.717, 1.165) is 29.1 Å². The average molecular weight is 504 g/mol. The topological polar surface area (TPSA) is 82.9 Å². The Kier molecular flexibility index (Phi) is 7.96. The van der Waals surface area contributed by atoms with E-state index in [0.29, 0.717) is 25.3 Å². The van der Waals surface area contributed by atoms with Crippen LogP contribution in [-0.2, 0) is 9.47 Å². The van der Waals surface area contributed by atoms with Gasteiger partial charge in [-0.05, 0) is 81.7 Å². The van der Waals surface area contributed by atoms with Gasteiger partial charge in [-0.2, -0.15) is 5.10 Å². The van der Waals surface area contributed by atoms with Crippen LogP contribution in [0.1, 0.15) is 56.7 Å². The van der Waals surface area contributed by atoms with Crippen LogP contribution in [0.2, 0.25) is 0 Å². The third kappa shape index (κ3) is 6.39. The minimum absolute atomic E-state index is 0.230. The molecule has 2 aromatic carbocycles. The third-order valence-corrected chi connectivity index (χ3v) is 6.27. The lowest BCUT2D eigenvalue weighted by molar-refractivity contribution is 0.0132. The lowest BCUT2D eigenvalue weighted by atomic mass is 10.0. The van der Waals surface area contributed by atoms with Gasteiger partial charge < -0.3 is 19.1 Å². The molecule has 4 rings (SSSR count). The fourth-order valence-corrected chi connectivity index (χ4v) is 3.83. The average Bonchev–Trinajstić information content (AvgIpc) is 3.35. The quantitative estimate of drug-likeness (QED) is 0.338. The van der Waals surface area contributed by atoms with Gasteiger partial charge in [0.1, 0.15) is 17.1 Å². The molecule has 1 aliphatic rings. The Morgan fingerprint density at radius 3 is 2.32 bits per heavy atom. The Hall–Kier alpha value is -4.07. The zero-order valence-electron chi connectivity index (χ0n) is 21.8. The number of aromatic nitrogens is 2. The molecule has 8 heteroatoms. The number of hydrogen-bond acceptors (Lipinski definition) is 6. The highest BCUT2D eigenvalue weighted by atomic mass is 16.6. The van der Waals surface area contributed by atoms with Crippen molar-refractivity contribution in [3.63, 3.8) is 0 Å². The van der Waals surface area contributed by atoms with E-state index in [4.69, 9.17) is 14.2 Å². The second-order valence-corrected chi connectivity index (χ2v) is 9.36.